The van der Waals surface area contributed by atoms with Gasteiger partial charge in [0.1, 0.15) is 29.4 Å². The van der Waals surface area contributed by atoms with Crippen LogP contribution in [-0.4, -0.2) is 82.5 Å². The van der Waals surface area contributed by atoms with Crippen LogP contribution in [0.25, 0.3) is 49.3 Å². The van der Waals surface area contributed by atoms with Gasteiger partial charge in [0, 0.05) is 34.0 Å². The molecule has 6 aromatic rings. The van der Waals surface area contributed by atoms with Crippen LogP contribution in [0.1, 0.15) is 0 Å². The maximum Gasteiger partial charge on any atom is 0.361 e. The van der Waals surface area contributed by atoms with Crippen molar-refractivity contribution in [1.82, 2.24) is 4.40 Å². The third kappa shape index (κ3) is 4.35. The predicted molar refractivity (Wildman–Crippen MR) is 165 cm³/mol. The first-order chi connectivity index (χ1) is 22.2. The number of rotatable bonds is 7. The monoisotopic (exact) mass is 631 g/mol. The molecule has 1 saturated heterocycles. The average molecular weight is 632 g/mol. The number of hydrogen-bond acceptors (Lipinski definition) is 12. The molecule has 4 atom stereocenters. The molecule has 13 nitrogen and oxygen atoms in total. The number of benzene rings is 3. The highest BCUT2D eigenvalue weighted by atomic mass is 16.7. The third-order valence-corrected chi connectivity index (χ3v) is 8.36. The molecule has 0 spiro atoms. The van der Waals surface area contributed by atoms with Crippen molar-refractivity contribution < 1.29 is 53.6 Å². The standard InChI is InChI=1S/C33H29NO12/c1-41-21-9-15(4-5-18(21)36)26-27-17-11-22(42-2)19(37)12-20(17)44-32(40)29(27)34-7-6-14-8-24(23(43-3)10-16(14)28(26)34)45-33-31(39)30(38)25(13-35)46-33/h4-12,25,30-31,33,35-39H,13H2,1-3H3/t25-,30-,31-,33-/m1/s1. The first kappa shape index (κ1) is 29.5. The minimum Gasteiger partial charge on any atom is -0.504 e. The molecule has 1 aliphatic rings. The molecule has 1 fully saturated rings. The number of hydrogen-bond donors (Lipinski definition) is 5. The van der Waals surface area contributed by atoms with E-state index in [-0.39, 0.29) is 45.6 Å². The molecular weight excluding hydrogens is 602 g/mol. The van der Waals surface area contributed by atoms with E-state index in [1.54, 1.807) is 47.0 Å². The van der Waals surface area contributed by atoms with Crippen molar-refractivity contribution in [2.24, 2.45) is 0 Å². The second kappa shape index (κ2) is 11.0. The minimum atomic E-state index is -1.42. The van der Waals surface area contributed by atoms with E-state index in [1.165, 1.54) is 33.5 Å². The summed E-state index contributed by atoms with van der Waals surface area (Å²) in [5.41, 5.74) is 1.45. The van der Waals surface area contributed by atoms with E-state index in [0.29, 0.717) is 38.2 Å². The van der Waals surface area contributed by atoms with E-state index >= 15 is 0 Å². The van der Waals surface area contributed by atoms with Gasteiger partial charge in [0.25, 0.3) is 0 Å². The largest absolute Gasteiger partial charge is 0.504 e. The highest BCUT2D eigenvalue weighted by Crippen LogP contribution is 2.46. The first-order valence-corrected chi connectivity index (χ1v) is 14.2. The van der Waals surface area contributed by atoms with Gasteiger partial charge >= 0.3 is 5.63 Å². The molecule has 0 aliphatic carbocycles. The Morgan fingerprint density at radius 3 is 2.22 bits per heavy atom. The lowest BCUT2D eigenvalue weighted by molar-refractivity contribution is -0.117. The summed E-state index contributed by atoms with van der Waals surface area (Å²) in [6.45, 7) is -0.508. The Bertz CT molecular complexity index is 2220. The fourth-order valence-corrected chi connectivity index (χ4v) is 6.13. The van der Waals surface area contributed by atoms with Crippen LogP contribution in [0, 0.1) is 0 Å². The molecular formula is C33H29NO12. The lowest BCUT2D eigenvalue weighted by Gasteiger charge is -2.19. The van der Waals surface area contributed by atoms with Gasteiger partial charge < -0.3 is 58.0 Å². The molecule has 0 bridgehead atoms. The van der Waals surface area contributed by atoms with Crippen LogP contribution >= 0.6 is 0 Å². The number of ether oxygens (including phenoxy) is 5. The van der Waals surface area contributed by atoms with Crippen molar-refractivity contribution in [3.8, 4) is 45.6 Å². The average Bonchev–Trinajstić information content (AvgIpc) is 3.55. The maximum absolute atomic E-state index is 13.6. The summed E-state index contributed by atoms with van der Waals surface area (Å²) in [6, 6.07) is 12.9. The van der Waals surface area contributed by atoms with Crippen LogP contribution in [0.5, 0.6) is 34.5 Å². The van der Waals surface area contributed by atoms with Gasteiger partial charge in [-0.05, 0) is 47.3 Å². The highest BCUT2D eigenvalue weighted by Gasteiger charge is 2.44. The Morgan fingerprint density at radius 1 is 0.804 bits per heavy atom. The summed E-state index contributed by atoms with van der Waals surface area (Å²) in [4.78, 5) is 13.6. The molecule has 0 unspecified atom stereocenters. The zero-order valence-corrected chi connectivity index (χ0v) is 24.8. The van der Waals surface area contributed by atoms with Crippen LogP contribution in [0.15, 0.2) is 63.9 Å². The summed E-state index contributed by atoms with van der Waals surface area (Å²) in [5, 5.41) is 53.3. The molecule has 13 heteroatoms. The molecule has 46 heavy (non-hydrogen) atoms. The Kier molecular flexibility index (Phi) is 7.05. The molecule has 0 saturated carbocycles. The van der Waals surface area contributed by atoms with E-state index in [0.717, 1.165) is 0 Å². The van der Waals surface area contributed by atoms with Crippen molar-refractivity contribution in [2.75, 3.05) is 27.9 Å². The van der Waals surface area contributed by atoms with E-state index < -0.39 is 36.8 Å². The zero-order valence-electron chi connectivity index (χ0n) is 24.8. The van der Waals surface area contributed by atoms with Crippen LogP contribution in [0.2, 0.25) is 0 Å². The molecule has 4 heterocycles. The maximum atomic E-state index is 13.6. The van der Waals surface area contributed by atoms with Crippen molar-refractivity contribution >= 4 is 38.2 Å². The van der Waals surface area contributed by atoms with Gasteiger partial charge in [-0.25, -0.2) is 4.79 Å². The molecule has 3 aromatic heterocycles. The summed E-state index contributed by atoms with van der Waals surface area (Å²) < 4.78 is 35.3. The number of fused-ring (bicyclic) bond motifs is 7. The molecule has 0 amide bonds. The normalized spacial score (nSPS) is 19.8. The quantitative estimate of drug-likeness (QED) is 0.163. The topological polar surface area (TPSA) is 182 Å². The van der Waals surface area contributed by atoms with Crippen LogP contribution in [0.4, 0.5) is 0 Å². The van der Waals surface area contributed by atoms with Gasteiger partial charge in [-0.15, -0.1) is 0 Å². The minimum absolute atomic E-state index is 0.0757. The number of nitrogens with zero attached hydrogens (tertiary/aromatic N) is 1. The van der Waals surface area contributed by atoms with Crippen LogP contribution in [0.3, 0.4) is 0 Å². The summed E-state index contributed by atoms with van der Waals surface area (Å²) in [6.07, 6.45) is -3.37. The molecule has 3 aromatic carbocycles. The lowest BCUT2D eigenvalue weighted by Crippen LogP contribution is -2.35. The van der Waals surface area contributed by atoms with Crippen molar-refractivity contribution in [3.63, 3.8) is 0 Å². The van der Waals surface area contributed by atoms with E-state index in [1.807, 2.05) is 0 Å². The lowest BCUT2D eigenvalue weighted by atomic mass is 9.98. The van der Waals surface area contributed by atoms with Crippen LogP contribution < -0.4 is 24.6 Å². The van der Waals surface area contributed by atoms with Gasteiger partial charge in [0.05, 0.1) is 33.5 Å². The number of phenolic OH excluding ortho intramolecular Hbond substituents is 2. The Morgan fingerprint density at radius 2 is 1.52 bits per heavy atom. The van der Waals surface area contributed by atoms with E-state index in [9.17, 15) is 30.3 Å². The number of aliphatic hydroxyl groups excluding tert-OH is 3. The molecule has 7 rings (SSSR count). The second-order valence-electron chi connectivity index (χ2n) is 10.8. The molecule has 238 valence electrons. The second-order valence-corrected chi connectivity index (χ2v) is 10.8. The van der Waals surface area contributed by atoms with Gasteiger partial charge in [0.15, 0.2) is 34.5 Å². The number of methoxy groups -OCH3 is 3. The van der Waals surface area contributed by atoms with E-state index in [2.05, 4.69) is 0 Å². The fourth-order valence-electron chi connectivity index (χ4n) is 6.13. The summed E-state index contributed by atoms with van der Waals surface area (Å²) in [5.74, 6) is 0.550. The summed E-state index contributed by atoms with van der Waals surface area (Å²) in [7, 11) is 4.28. The zero-order chi connectivity index (χ0) is 32.4. The number of pyridine rings is 1. The fraction of sp³-hybridized carbons (Fsp3) is 0.242. The SMILES string of the molecule is COc1cc(-c2c3c4cc(OC)c(O)cc4oc(=O)c3n3ccc4cc(O[C@@H]5O[C@H](CO)[C@@H](O)[C@H]5O)c(OC)cc4c23)ccc1O. The number of aromatic hydroxyl groups is 2. The van der Waals surface area contributed by atoms with Crippen molar-refractivity contribution in [1.29, 1.82) is 0 Å². The number of aliphatic hydroxyl groups is 3. The van der Waals surface area contributed by atoms with Gasteiger partial charge in [-0.1, -0.05) is 6.07 Å². The van der Waals surface area contributed by atoms with Gasteiger partial charge in [-0.3, -0.25) is 0 Å². The Labute approximate surface area is 259 Å². The van der Waals surface area contributed by atoms with E-state index in [4.69, 9.17) is 28.1 Å². The Hall–Kier alpha value is -5.21. The third-order valence-electron chi connectivity index (χ3n) is 8.36. The van der Waals surface area contributed by atoms with Crippen LogP contribution in [-0.2, 0) is 4.74 Å². The number of phenols is 2. The number of aromatic nitrogens is 1. The molecule has 0 radical (unpaired) electrons. The highest BCUT2D eigenvalue weighted by molar-refractivity contribution is 6.22. The van der Waals surface area contributed by atoms with Crippen molar-refractivity contribution in [3.05, 3.63) is 65.1 Å². The molecule has 1 aliphatic heterocycles. The molecule has 5 N–H and O–H groups in total. The first-order valence-electron chi connectivity index (χ1n) is 14.2. The summed E-state index contributed by atoms with van der Waals surface area (Å²) >= 11 is 0. The van der Waals surface area contributed by atoms with Crippen molar-refractivity contribution in [2.45, 2.75) is 24.6 Å². The van der Waals surface area contributed by atoms with Gasteiger partial charge in [0.2, 0.25) is 6.29 Å². The smallest absolute Gasteiger partial charge is 0.361 e. The predicted octanol–water partition coefficient (Wildman–Crippen LogP) is 3.27. The van der Waals surface area contributed by atoms with Gasteiger partial charge in [-0.2, -0.15) is 0 Å². The Balaban J connectivity index is 1.57.